The van der Waals surface area contributed by atoms with Crippen LogP contribution in [0.1, 0.15) is 44.1 Å². The first-order valence-corrected chi connectivity index (χ1v) is 9.60. The molecule has 4 saturated carbocycles. The number of benzene rings is 1. The molecule has 4 aliphatic rings. The molecular weight excluding hydrogens is 310 g/mol. The molecule has 3 nitrogen and oxygen atoms in total. The predicted octanol–water partition coefficient (Wildman–Crippen LogP) is 4.78. The fourth-order valence-electron chi connectivity index (χ4n) is 6.00. The van der Waals surface area contributed by atoms with E-state index in [0.29, 0.717) is 12.5 Å². The minimum atomic E-state index is -0.0501. The molecule has 130 valence electrons. The van der Waals surface area contributed by atoms with E-state index in [2.05, 4.69) is 29.6 Å². The lowest BCUT2D eigenvalue weighted by Crippen LogP contribution is -2.53. The van der Waals surface area contributed by atoms with Gasteiger partial charge >= 0.3 is 0 Å². The third-order valence-corrected chi connectivity index (χ3v) is 6.78. The van der Waals surface area contributed by atoms with Gasteiger partial charge in [0.2, 0.25) is 5.91 Å². The molecule has 1 N–H and O–H groups in total. The van der Waals surface area contributed by atoms with E-state index in [1.165, 1.54) is 19.3 Å². The van der Waals surface area contributed by atoms with E-state index < -0.39 is 0 Å². The Morgan fingerprint density at radius 3 is 2.16 bits per heavy atom. The van der Waals surface area contributed by atoms with E-state index in [1.807, 2.05) is 6.07 Å². The van der Waals surface area contributed by atoms with Crippen LogP contribution in [0.4, 0.5) is 0 Å². The molecule has 1 heterocycles. The molecule has 4 bridgehead atoms. The Morgan fingerprint density at radius 1 is 0.960 bits per heavy atom. The van der Waals surface area contributed by atoms with Gasteiger partial charge in [-0.2, -0.15) is 0 Å². The zero-order valence-corrected chi connectivity index (χ0v) is 14.5. The summed E-state index contributed by atoms with van der Waals surface area (Å²) in [4.78, 5) is 13.0. The van der Waals surface area contributed by atoms with Crippen LogP contribution in [-0.4, -0.2) is 5.91 Å². The van der Waals surface area contributed by atoms with Gasteiger partial charge in [0.25, 0.3) is 0 Å². The largest absolute Gasteiger partial charge is 0.472 e. The lowest BCUT2D eigenvalue weighted by Gasteiger charge is -2.55. The quantitative estimate of drug-likeness (QED) is 0.874. The first kappa shape index (κ1) is 15.2. The van der Waals surface area contributed by atoms with Crippen molar-refractivity contribution in [1.29, 1.82) is 0 Å². The molecule has 0 saturated heterocycles. The van der Waals surface area contributed by atoms with Crippen molar-refractivity contribution in [2.24, 2.45) is 23.2 Å². The van der Waals surface area contributed by atoms with Gasteiger partial charge in [-0.15, -0.1) is 0 Å². The summed E-state index contributed by atoms with van der Waals surface area (Å²) in [7, 11) is 0. The van der Waals surface area contributed by atoms with E-state index >= 15 is 0 Å². The maximum absolute atomic E-state index is 13.0. The van der Waals surface area contributed by atoms with E-state index in [1.54, 1.807) is 12.5 Å². The summed E-state index contributed by atoms with van der Waals surface area (Å²) in [5.74, 6) is 2.74. The fourth-order valence-corrected chi connectivity index (χ4v) is 6.00. The second-order valence-corrected chi connectivity index (χ2v) is 8.59. The maximum atomic E-state index is 13.0. The zero-order chi connectivity index (χ0) is 16.9. The van der Waals surface area contributed by atoms with Crippen molar-refractivity contribution in [1.82, 2.24) is 5.32 Å². The third-order valence-electron chi connectivity index (χ3n) is 6.78. The number of carbonyl (C=O) groups is 1. The Hall–Kier alpha value is -2.03. The highest BCUT2D eigenvalue weighted by Gasteiger charge is 2.54. The van der Waals surface area contributed by atoms with Crippen LogP contribution in [-0.2, 0) is 11.3 Å². The molecule has 0 atom stereocenters. The number of rotatable bonds is 4. The van der Waals surface area contributed by atoms with E-state index in [-0.39, 0.29) is 5.41 Å². The molecule has 25 heavy (non-hydrogen) atoms. The molecule has 1 aromatic heterocycles. The SMILES string of the molecule is O=C(NCc1ccc(-c2ccoc2)cc1)C12CC3CC(CC(C3)C1)C2. The molecule has 4 fully saturated rings. The summed E-state index contributed by atoms with van der Waals surface area (Å²) in [5, 5.41) is 3.25. The van der Waals surface area contributed by atoms with Crippen molar-refractivity contribution >= 4 is 5.91 Å². The lowest BCUT2D eigenvalue weighted by atomic mass is 9.49. The number of carbonyl (C=O) groups excluding carboxylic acids is 1. The van der Waals surface area contributed by atoms with Crippen LogP contribution in [0.2, 0.25) is 0 Å². The fraction of sp³-hybridized carbons (Fsp3) is 0.500. The van der Waals surface area contributed by atoms with Gasteiger partial charge in [-0.1, -0.05) is 24.3 Å². The van der Waals surface area contributed by atoms with Crippen LogP contribution in [0, 0.1) is 23.2 Å². The monoisotopic (exact) mass is 335 g/mol. The molecule has 2 aromatic rings. The number of hydrogen-bond acceptors (Lipinski definition) is 2. The summed E-state index contributed by atoms with van der Waals surface area (Å²) in [6.45, 7) is 0.631. The first-order valence-electron chi connectivity index (χ1n) is 9.60. The summed E-state index contributed by atoms with van der Waals surface area (Å²) < 4.78 is 5.14. The minimum absolute atomic E-state index is 0.0501. The smallest absolute Gasteiger partial charge is 0.226 e. The number of nitrogens with one attached hydrogen (secondary N) is 1. The molecule has 3 heteroatoms. The minimum Gasteiger partial charge on any atom is -0.472 e. The van der Waals surface area contributed by atoms with Gasteiger partial charge in [-0.25, -0.2) is 0 Å². The average molecular weight is 335 g/mol. The topological polar surface area (TPSA) is 42.2 Å². The Kier molecular flexibility index (Phi) is 3.51. The standard InChI is InChI=1S/C22H25NO2/c24-21(22-10-16-7-17(11-22)9-18(8-16)12-22)23-13-15-1-3-19(4-2-15)20-5-6-25-14-20/h1-6,14,16-18H,7-13H2,(H,23,24). The van der Waals surface area contributed by atoms with Crippen molar-refractivity contribution in [2.45, 2.75) is 45.1 Å². The molecule has 0 spiro atoms. The van der Waals surface area contributed by atoms with Gasteiger partial charge in [-0.05, 0) is 73.5 Å². The average Bonchev–Trinajstić information content (AvgIpc) is 3.13. The molecule has 4 aliphatic carbocycles. The Labute approximate surface area is 148 Å². The van der Waals surface area contributed by atoms with Crippen LogP contribution in [0.25, 0.3) is 11.1 Å². The zero-order valence-electron chi connectivity index (χ0n) is 14.5. The predicted molar refractivity (Wildman–Crippen MR) is 96.6 cm³/mol. The van der Waals surface area contributed by atoms with Crippen molar-refractivity contribution in [3.05, 3.63) is 48.4 Å². The van der Waals surface area contributed by atoms with E-state index in [4.69, 9.17) is 4.42 Å². The normalized spacial score (nSPS) is 32.7. The van der Waals surface area contributed by atoms with Crippen LogP contribution in [0.3, 0.4) is 0 Å². The maximum Gasteiger partial charge on any atom is 0.226 e. The highest BCUT2D eigenvalue weighted by Crippen LogP contribution is 2.60. The van der Waals surface area contributed by atoms with Crippen molar-refractivity contribution < 1.29 is 9.21 Å². The third kappa shape index (κ3) is 2.70. The van der Waals surface area contributed by atoms with Gasteiger partial charge in [0.1, 0.15) is 0 Å². The van der Waals surface area contributed by atoms with Gasteiger partial charge < -0.3 is 9.73 Å². The van der Waals surface area contributed by atoms with Crippen molar-refractivity contribution in [3.8, 4) is 11.1 Å². The second-order valence-electron chi connectivity index (χ2n) is 8.59. The van der Waals surface area contributed by atoms with Crippen LogP contribution in [0.5, 0.6) is 0 Å². The van der Waals surface area contributed by atoms with E-state index in [9.17, 15) is 4.79 Å². The van der Waals surface area contributed by atoms with Gasteiger partial charge in [0.15, 0.2) is 0 Å². The molecule has 6 rings (SSSR count). The summed E-state index contributed by atoms with van der Waals surface area (Å²) >= 11 is 0. The highest BCUT2D eigenvalue weighted by atomic mass is 16.3. The molecule has 1 amide bonds. The Balaban J connectivity index is 1.25. The van der Waals surface area contributed by atoms with E-state index in [0.717, 1.165) is 53.7 Å². The second kappa shape index (κ2) is 5.76. The van der Waals surface area contributed by atoms with Crippen molar-refractivity contribution in [2.75, 3.05) is 0 Å². The summed E-state index contributed by atoms with van der Waals surface area (Å²) in [6, 6.07) is 10.3. The highest BCUT2D eigenvalue weighted by molar-refractivity contribution is 5.83. The first-order chi connectivity index (χ1) is 12.2. The molecular formula is C22H25NO2. The van der Waals surface area contributed by atoms with Gasteiger partial charge in [-0.3, -0.25) is 4.79 Å². The summed E-state index contributed by atoms with van der Waals surface area (Å²) in [5.41, 5.74) is 3.34. The number of amides is 1. The molecule has 1 aromatic carbocycles. The molecule has 0 aliphatic heterocycles. The van der Waals surface area contributed by atoms with Crippen LogP contribution >= 0.6 is 0 Å². The van der Waals surface area contributed by atoms with Gasteiger partial charge in [0, 0.05) is 17.5 Å². The molecule has 0 radical (unpaired) electrons. The Morgan fingerprint density at radius 2 is 1.60 bits per heavy atom. The number of hydrogen-bond donors (Lipinski definition) is 1. The van der Waals surface area contributed by atoms with Crippen molar-refractivity contribution in [3.63, 3.8) is 0 Å². The Bertz CT molecular complexity index is 725. The number of furan rings is 1. The van der Waals surface area contributed by atoms with Crippen LogP contribution in [0.15, 0.2) is 47.3 Å². The molecule has 0 unspecified atom stereocenters. The van der Waals surface area contributed by atoms with Crippen LogP contribution < -0.4 is 5.32 Å². The summed E-state index contributed by atoms with van der Waals surface area (Å²) in [6.07, 6.45) is 11.0. The van der Waals surface area contributed by atoms with Gasteiger partial charge in [0.05, 0.1) is 12.5 Å². The lowest BCUT2D eigenvalue weighted by molar-refractivity contribution is -0.146.